The molecule has 3 aromatic rings. The number of rotatable bonds is 6. The number of urea groups is 1. The molecule has 1 saturated carbocycles. The van der Waals surface area contributed by atoms with Crippen LogP contribution in [0.1, 0.15) is 66.4 Å². The van der Waals surface area contributed by atoms with Crippen LogP contribution in [-0.4, -0.2) is 98.4 Å². The average Bonchev–Trinajstić information content (AvgIpc) is 3.28. The number of fused-ring (bicyclic) bond motifs is 5. The van der Waals surface area contributed by atoms with Gasteiger partial charge in [0.1, 0.15) is 5.75 Å². The van der Waals surface area contributed by atoms with E-state index in [0.717, 1.165) is 63.5 Å². The maximum absolute atomic E-state index is 13.6. The number of piperazine rings is 1. The lowest BCUT2D eigenvalue weighted by Gasteiger charge is -2.35. The summed E-state index contributed by atoms with van der Waals surface area (Å²) in [5.41, 5.74) is 5.51. The SMILES string of the molecule is COc1ccc2c(c1)CC(NC(=O)N1CCN(C(C)=O)CC1)Cn1c-2c(C2CCCCC2)c2ccc(C(=O)NS(=O)(=O)N(C)C)cc21. The van der Waals surface area contributed by atoms with Crippen molar-refractivity contribution in [2.24, 2.45) is 0 Å². The van der Waals surface area contributed by atoms with Crippen LogP contribution in [-0.2, 0) is 28.0 Å². The minimum atomic E-state index is -3.98. The number of benzene rings is 2. The Morgan fingerprint density at radius 1 is 0.936 bits per heavy atom. The van der Waals surface area contributed by atoms with Crippen molar-refractivity contribution in [1.82, 2.24) is 28.7 Å². The van der Waals surface area contributed by atoms with Crippen molar-refractivity contribution in [3.8, 4) is 17.0 Å². The second-order valence-electron chi connectivity index (χ2n) is 13.0. The molecule has 2 aliphatic heterocycles. The summed E-state index contributed by atoms with van der Waals surface area (Å²) in [6.45, 7) is 3.91. The second kappa shape index (κ2) is 13.2. The van der Waals surface area contributed by atoms with Gasteiger partial charge in [0, 0.05) is 75.8 Å². The first-order chi connectivity index (χ1) is 22.5. The van der Waals surface area contributed by atoms with Crippen molar-refractivity contribution in [2.45, 2.75) is 64.0 Å². The summed E-state index contributed by atoms with van der Waals surface area (Å²) >= 11 is 0. The van der Waals surface area contributed by atoms with E-state index in [-0.39, 0.29) is 23.5 Å². The molecule has 47 heavy (non-hydrogen) atoms. The average molecular weight is 665 g/mol. The summed E-state index contributed by atoms with van der Waals surface area (Å²) in [5, 5.41) is 4.32. The van der Waals surface area contributed by atoms with Gasteiger partial charge in [0.25, 0.3) is 5.91 Å². The zero-order valence-electron chi connectivity index (χ0n) is 27.5. The van der Waals surface area contributed by atoms with Gasteiger partial charge in [-0.1, -0.05) is 25.3 Å². The zero-order chi connectivity index (χ0) is 33.5. The standard InChI is InChI=1S/C34H44N6O6S/c1-22(41)38-14-16-39(17-15-38)34(43)35-26-18-25-19-27(46-4)11-13-28(25)32-31(23-8-6-5-7-9-23)29-12-10-24(20-30(29)40(32)21-26)33(42)36-47(44,45)37(2)3/h10-13,19-20,23,26H,5-9,14-18,21H2,1-4H3,(H,35,43)(H,36,42). The van der Waals surface area contributed by atoms with E-state index in [1.165, 1.54) is 26.1 Å². The Morgan fingerprint density at radius 3 is 2.30 bits per heavy atom. The Bertz CT molecular complexity index is 1800. The van der Waals surface area contributed by atoms with Crippen LogP contribution in [0.2, 0.25) is 0 Å². The Morgan fingerprint density at radius 2 is 1.64 bits per heavy atom. The number of aromatic nitrogens is 1. The lowest BCUT2D eigenvalue weighted by atomic mass is 9.81. The molecule has 1 aliphatic carbocycles. The van der Waals surface area contributed by atoms with Crippen molar-refractivity contribution >= 4 is 39.0 Å². The molecule has 13 heteroatoms. The summed E-state index contributed by atoms with van der Waals surface area (Å²) in [6, 6.07) is 11.1. The number of methoxy groups -OCH3 is 1. The number of carbonyl (C=O) groups is 3. The van der Waals surface area contributed by atoms with Crippen molar-refractivity contribution < 1.29 is 27.5 Å². The van der Waals surface area contributed by atoms with E-state index >= 15 is 0 Å². The second-order valence-corrected chi connectivity index (χ2v) is 14.9. The van der Waals surface area contributed by atoms with Gasteiger partial charge in [0.2, 0.25) is 5.91 Å². The molecular weight excluding hydrogens is 620 g/mol. The van der Waals surface area contributed by atoms with E-state index < -0.39 is 16.1 Å². The van der Waals surface area contributed by atoms with E-state index in [2.05, 4.69) is 20.7 Å². The van der Waals surface area contributed by atoms with Gasteiger partial charge in [-0.15, -0.1) is 0 Å². The monoisotopic (exact) mass is 664 g/mol. The molecule has 2 fully saturated rings. The number of nitrogens with zero attached hydrogens (tertiary/aromatic N) is 4. The largest absolute Gasteiger partial charge is 0.497 e. The third-order valence-corrected chi connectivity index (χ3v) is 11.3. The summed E-state index contributed by atoms with van der Waals surface area (Å²) in [7, 11) is 0.399. The van der Waals surface area contributed by atoms with Crippen LogP contribution in [0.15, 0.2) is 36.4 Å². The van der Waals surface area contributed by atoms with Crippen molar-refractivity contribution in [1.29, 1.82) is 0 Å². The van der Waals surface area contributed by atoms with Gasteiger partial charge in [-0.3, -0.25) is 9.59 Å². The lowest BCUT2D eigenvalue weighted by molar-refractivity contribution is -0.130. The van der Waals surface area contributed by atoms with E-state index in [0.29, 0.717) is 45.1 Å². The first-order valence-electron chi connectivity index (χ1n) is 16.4. The number of hydrogen-bond donors (Lipinski definition) is 2. The van der Waals surface area contributed by atoms with E-state index in [1.54, 1.807) is 36.0 Å². The van der Waals surface area contributed by atoms with Crippen LogP contribution in [0.25, 0.3) is 22.2 Å². The summed E-state index contributed by atoms with van der Waals surface area (Å²) in [4.78, 5) is 42.2. The van der Waals surface area contributed by atoms with Gasteiger partial charge in [-0.05, 0) is 66.6 Å². The maximum Gasteiger partial charge on any atom is 0.317 e. The molecule has 1 atom stereocenters. The van der Waals surface area contributed by atoms with Gasteiger partial charge in [0.15, 0.2) is 0 Å². The summed E-state index contributed by atoms with van der Waals surface area (Å²) < 4.78 is 36.0. The number of ether oxygens (including phenoxy) is 1. The summed E-state index contributed by atoms with van der Waals surface area (Å²) in [5.74, 6) is 0.366. The van der Waals surface area contributed by atoms with Crippen molar-refractivity contribution in [3.05, 3.63) is 53.1 Å². The van der Waals surface area contributed by atoms with Crippen LogP contribution in [0.3, 0.4) is 0 Å². The number of hydrogen-bond acceptors (Lipinski definition) is 6. The highest BCUT2D eigenvalue weighted by Crippen LogP contribution is 2.46. The van der Waals surface area contributed by atoms with Gasteiger partial charge < -0.3 is 24.4 Å². The molecule has 3 aliphatic rings. The summed E-state index contributed by atoms with van der Waals surface area (Å²) in [6.07, 6.45) is 6.19. The predicted octanol–water partition coefficient (Wildman–Crippen LogP) is 3.70. The maximum atomic E-state index is 13.6. The quantitative estimate of drug-likeness (QED) is 0.413. The number of nitrogens with one attached hydrogen (secondary N) is 2. The number of amides is 4. The molecular formula is C34H44N6O6S. The van der Waals surface area contributed by atoms with Crippen LogP contribution in [0, 0.1) is 0 Å². The van der Waals surface area contributed by atoms with Crippen LogP contribution in [0.5, 0.6) is 5.75 Å². The highest BCUT2D eigenvalue weighted by atomic mass is 32.2. The fourth-order valence-corrected chi connectivity index (χ4v) is 7.84. The minimum Gasteiger partial charge on any atom is -0.497 e. The lowest BCUT2D eigenvalue weighted by Crippen LogP contribution is -2.54. The normalized spacial score (nSPS) is 18.8. The van der Waals surface area contributed by atoms with E-state index in [4.69, 9.17) is 4.74 Å². The highest BCUT2D eigenvalue weighted by Gasteiger charge is 2.33. The number of carbonyl (C=O) groups excluding carboxylic acids is 3. The van der Waals surface area contributed by atoms with E-state index in [9.17, 15) is 22.8 Å². The smallest absolute Gasteiger partial charge is 0.317 e. The van der Waals surface area contributed by atoms with Crippen LogP contribution >= 0.6 is 0 Å². The van der Waals surface area contributed by atoms with Gasteiger partial charge in [-0.2, -0.15) is 12.7 Å². The predicted molar refractivity (Wildman–Crippen MR) is 180 cm³/mol. The molecule has 1 saturated heterocycles. The molecule has 1 unspecified atom stereocenters. The Labute approximate surface area is 276 Å². The first kappa shape index (κ1) is 32.8. The topological polar surface area (TPSA) is 133 Å². The third kappa shape index (κ3) is 6.55. The molecule has 4 amide bonds. The zero-order valence-corrected chi connectivity index (χ0v) is 28.4. The van der Waals surface area contributed by atoms with E-state index in [1.807, 2.05) is 18.2 Å². The first-order valence-corrected chi connectivity index (χ1v) is 17.8. The molecule has 2 N–H and O–H groups in total. The van der Waals surface area contributed by atoms with Gasteiger partial charge in [-0.25, -0.2) is 9.52 Å². The molecule has 2 aromatic carbocycles. The molecule has 12 nitrogen and oxygen atoms in total. The van der Waals surface area contributed by atoms with Crippen molar-refractivity contribution in [3.63, 3.8) is 0 Å². The molecule has 6 rings (SSSR count). The van der Waals surface area contributed by atoms with Gasteiger partial charge >= 0.3 is 16.2 Å². The molecule has 1 aromatic heterocycles. The third-order valence-electron chi connectivity index (χ3n) is 9.86. The Hall–Kier alpha value is -4.10. The van der Waals surface area contributed by atoms with Crippen LogP contribution < -0.4 is 14.8 Å². The van der Waals surface area contributed by atoms with Crippen molar-refractivity contribution in [2.75, 3.05) is 47.4 Å². The highest BCUT2D eigenvalue weighted by molar-refractivity contribution is 7.87. The minimum absolute atomic E-state index is 0.00697. The molecule has 252 valence electrons. The Kier molecular flexibility index (Phi) is 9.21. The fourth-order valence-electron chi connectivity index (χ4n) is 7.30. The molecule has 0 radical (unpaired) electrons. The van der Waals surface area contributed by atoms with Gasteiger partial charge in [0.05, 0.1) is 18.8 Å². The molecule has 0 spiro atoms. The van der Waals surface area contributed by atoms with Crippen LogP contribution in [0.4, 0.5) is 4.79 Å². The fraction of sp³-hybridized carbons (Fsp3) is 0.500. The molecule has 0 bridgehead atoms. The molecule has 3 heterocycles. The Balaban J connectivity index is 1.45.